The summed E-state index contributed by atoms with van der Waals surface area (Å²) in [4.78, 5) is 13.6. The SMILES string of the molecule is NC1CCN(C(=O)c2ccoc2)CC1. The summed E-state index contributed by atoms with van der Waals surface area (Å²) in [5.74, 6) is 0.0469. The Labute approximate surface area is 82.7 Å². The highest BCUT2D eigenvalue weighted by Crippen LogP contribution is 2.12. The van der Waals surface area contributed by atoms with Crippen molar-refractivity contribution in [3.8, 4) is 0 Å². The summed E-state index contributed by atoms with van der Waals surface area (Å²) in [5.41, 5.74) is 6.38. The fraction of sp³-hybridized carbons (Fsp3) is 0.500. The first kappa shape index (κ1) is 9.27. The summed E-state index contributed by atoms with van der Waals surface area (Å²) in [5, 5.41) is 0. The average Bonchev–Trinajstić information content (AvgIpc) is 2.71. The molecule has 1 amide bonds. The third-order valence-electron chi connectivity index (χ3n) is 2.59. The van der Waals surface area contributed by atoms with Gasteiger partial charge in [0.25, 0.3) is 5.91 Å². The van der Waals surface area contributed by atoms with Crippen LogP contribution < -0.4 is 5.73 Å². The molecule has 76 valence electrons. The van der Waals surface area contributed by atoms with E-state index in [2.05, 4.69) is 0 Å². The molecule has 1 aliphatic rings. The smallest absolute Gasteiger partial charge is 0.257 e. The van der Waals surface area contributed by atoms with Gasteiger partial charge in [-0.1, -0.05) is 0 Å². The molecule has 1 saturated heterocycles. The van der Waals surface area contributed by atoms with Crippen LogP contribution in [-0.4, -0.2) is 29.9 Å². The third-order valence-corrected chi connectivity index (χ3v) is 2.59. The molecular formula is C10H14N2O2. The highest BCUT2D eigenvalue weighted by Gasteiger charge is 2.21. The van der Waals surface area contributed by atoms with Crippen molar-refractivity contribution in [2.45, 2.75) is 18.9 Å². The molecule has 1 fully saturated rings. The lowest BCUT2D eigenvalue weighted by Gasteiger charge is -2.29. The Balaban J connectivity index is 1.99. The summed E-state index contributed by atoms with van der Waals surface area (Å²) in [6.45, 7) is 1.51. The molecule has 1 aliphatic heterocycles. The van der Waals surface area contributed by atoms with Gasteiger partial charge in [-0.2, -0.15) is 0 Å². The summed E-state index contributed by atoms with van der Waals surface area (Å²) in [7, 11) is 0. The number of amides is 1. The lowest BCUT2D eigenvalue weighted by Crippen LogP contribution is -2.42. The fourth-order valence-electron chi connectivity index (χ4n) is 1.67. The highest BCUT2D eigenvalue weighted by atomic mass is 16.3. The topological polar surface area (TPSA) is 59.5 Å². The molecule has 0 spiro atoms. The van der Waals surface area contributed by atoms with E-state index in [0.717, 1.165) is 25.9 Å². The predicted octanol–water partition coefficient (Wildman–Crippen LogP) is 0.843. The summed E-state index contributed by atoms with van der Waals surface area (Å²) in [6, 6.07) is 1.94. The lowest BCUT2D eigenvalue weighted by atomic mass is 10.1. The van der Waals surface area contributed by atoms with Crippen molar-refractivity contribution in [2.24, 2.45) is 5.73 Å². The number of nitrogens with zero attached hydrogens (tertiary/aromatic N) is 1. The fourth-order valence-corrected chi connectivity index (χ4v) is 1.67. The predicted molar refractivity (Wildman–Crippen MR) is 51.8 cm³/mol. The van der Waals surface area contributed by atoms with Crippen LogP contribution in [0, 0.1) is 0 Å². The van der Waals surface area contributed by atoms with Gasteiger partial charge in [-0.3, -0.25) is 4.79 Å². The second-order valence-electron chi connectivity index (χ2n) is 3.64. The maximum atomic E-state index is 11.8. The minimum absolute atomic E-state index is 0.0469. The van der Waals surface area contributed by atoms with Gasteiger partial charge in [-0.15, -0.1) is 0 Å². The van der Waals surface area contributed by atoms with Crippen LogP contribution in [0.15, 0.2) is 23.0 Å². The van der Waals surface area contributed by atoms with Gasteiger partial charge in [0.05, 0.1) is 11.8 Å². The van der Waals surface area contributed by atoms with E-state index in [4.69, 9.17) is 10.2 Å². The zero-order valence-corrected chi connectivity index (χ0v) is 7.98. The monoisotopic (exact) mass is 194 g/mol. The quantitative estimate of drug-likeness (QED) is 0.720. The third kappa shape index (κ3) is 1.80. The van der Waals surface area contributed by atoms with Gasteiger partial charge in [-0.05, 0) is 18.9 Å². The van der Waals surface area contributed by atoms with Crippen molar-refractivity contribution in [3.05, 3.63) is 24.2 Å². The minimum atomic E-state index is 0.0469. The molecule has 1 aromatic heterocycles. The molecule has 2 rings (SSSR count). The van der Waals surface area contributed by atoms with Gasteiger partial charge in [0.2, 0.25) is 0 Å². The average molecular weight is 194 g/mol. The van der Waals surface area contributed by atoms with Crippen molar-refractivity contribution in [2.75, 3.05) is 13.1 Å². The van der Waals surface area contributed by atoms with E-state index in [0.29, 0.717) is 5.56 Å². The molecule has 0 aromatic carbocycles. The number of hydrogen-bond donors (Lipinski definition) is 1. The normalized spacial score (nSPS) is 18.5. The van der Waals surface area contributed by atoms with Crippen LogP contribution in [0.2, 0.25) is 0 Å². The number of furan rings is 1. The van der Waals surface area contributed by atoms with E-state index in [1.54, 1.807) is 6.07 Å². The van der Waals surface area contributed by atoms with Gasteiger partial charge in [0.15, 0.2) is 0 Å². The van der Waals surface area contributed by atoms with E-state index >= 15 is 0 Å². The summed E-state index contributed by atoms with van der Waals surface area (Å²) >= 11 is 0. The van der Waals surface area contributed by atoms with E-state index < -0.39 is 0 Å². The van der Waals surface area contributed by atoms with Crippen LogP contribution in [0.5, 0.6) is 0 Å². The second-order valence-corrected chi connectivity index (χ2v) is 3.64. The number of likely N-dealkylation sites (tertiary alicyclic amines) is 1. The van der Waals surface area contributed by atoms with Crippen LogP contribution in [0.25, 0.3) is 0 Å². The molecule has 0 aliphatic carbocycles. The lowest BCUT2D eigenvalue weighted by molar-refractivity contribution is 0.0714. The minimum Gasteiger partial charge on any atom is -0.472 e. The van der Waals surface area contributed by atoms with Crippen molar-refractivity contribution >= 4 is 5.91 Å². The van der Waals surface area contributed by atoms with Crippen LogP contribution >= 0.6 is 0 Å². The number of carbonyl (C=O) groups is 1. The number of piperidine rings is 1. The molecule has 14 heavy (non-hydrogen) atoms. The molecule has 0 unspecified atom stereocenters. The van der Waals surface area contributed by atoms with Crippen LogP contribution in [-0.2, 0) is 0 Å². The molecule has 4 nitrogen and oxygen atoms in total. The maximum absolute atomic E-state index is 11.8. The van der Waals surface area contributed by atoms with Gasteiger partial charge in [-0.25, -0.2) is 0 Å². The molecule has 4 heteroatoms. The largest absolute Gasteiger partial charge is 0.472 e. The number of rotatable bonds is 1. The highest BCUT2D eigenvalue weighted by molar-refractivity contribution is 5.93. The molecule has 0 atom stereocenters. The summed E-state index contributed by atoms with van der Waals surface area (Å²) in [6.07, 6.45) is 4.78. The van der Waals surface area contributed by atoms with Crippen LogP contribution in [0.3, 0.4) is 0 Å². The standard InChI is InChI=1S/C10H14N2O2/c11-9-1-4-12(5-2-9)10(13)8-3-6-14-7-8/h3,6-7,9H,1-2,4-5,11H2. The Bertz CT molecular complexity index is 300. The molecule has 0 radical (unpaired) electrons. The van der Waals surface area contributed by atoms with E-state index in [9.17, 15) is 4.79 Å². The van der Waals surface area contributed by atoms with Gasteiger partial charge in [0.1, 0.15) is 6.26 Å². The number of nitrogens with two attached hydrogens (primary N) is 1. The molecule has 0 saturated carbocycles. The number of hydrogen-bond acceptors (Lipinski definition) is 3. The summed E-state index contributed by atoms with van der Waals surface area (Å²) < 4.78 is 4.88. The first-order chi connectivity index (χ1) is 6.77. The van der Waals surface area contributed by atoms with E-state index in [1.807, 2.05) is 4.90 Å². The molecule has 2 N–H and O–H groups in total. The molecule has 1 aromatic rings. The zero-order chi connectivity index (χ0) is 9.97. The van der Waals surface area contributed by atoms with Crippen molar-refractivity contribution in [3.63, 3.8) is 0 Å². The Hall–Kier alpha value is -1.29. The molecular weight excluding hydrogens is 180 g/mol. The van der Waals surface area contributed by atoms with Crippen LogP contribution in [0.1, 0.15) is 23.2 Å². The van der Waals surface area contributed by atoms with E-state index in [1.165, 1.54) is 12.5 Å². The van der Waals surface area contributed by atoms with Crippen molar-refractivity contribution in [1.82, 2.24) is 4.90 Å². The van der Waals surface area contributed by atoms with Crippen molar-refractivity contribution in [1.29, 1.82) is 0 Å². The van der Waals surface area contributed by atoms with Crippen LogP contribution in [0.4, 0.5) is 0 Å². The van der Waals surface area contributed by atoms with Crippen molar-refractivity contribution < 1.29 is 9.21 Å². The Morgan fingerprint density at radius 1 is 1.50 bits per heavy atom. The van der Waals surface area contributed by atoms with Gasteiger partial charge in [0, 0.05) is 19.1 Å². The first-order valence-electron chi connectivity index (χ1n) is 4.84. The molecule has 2 heterocycles. The van der Waals surface area contributed by atoms with Gasteiger partial charge >= 0.3 is 0 Å². The van der Waals surface area contributed by atoms with E-state index in [-0.39, 0.29) is 11.9 Å². The Morgan fingerprint density at radius 3 is 2.79 bits per heavy atom. The maximum Gasteiger partial charge on any atom is 0.257 e. The zero-order valence-electron chi connectivity index (χ0n) is 7.98. The van der Waals surface area contributed by atoms with Gasteiger partial charge < -0.3 is 15.1 Å². The molecule has 0 bridgehead atoms. The second kappa shape index (κ2) is 3.84. The number of carbonyl (C=O) groups excluding carboxylic acids is 1. The first-order valence-corrected chi connectivity index (χ1v) is 4.84. The Morgan fingerprint density at radius 2 is 2.21 bits per heavy atom. The Kier molecular flexibility index (Phi) is 2.54.